The normalized spacial score (nSPS) is 17.9. The highest BCUT2D eigenvalue weighted by Gasteiger charge is 2.28. The average molecular weight is 467 g/mol. The summed E-state index contributed by atoms with van der Waals surface area (Å²) in [6.07, 6.45) is 3.50. The summed E-state index contributed by atoms with van der Waals surface area (Å²) in [5, 5.41) is 7.42. The fourth-order valence-corrected chi connectivity index (χ4v) is 4.44. The van der Waals surface area contributed by atoms with E-state index in [9.17, 15) is 4.79 Å². The number of rotatable bonds is 6. The van der Waals surface area contributed by atoms with E-state index in [1.165, 1.54) is 4.31 Å². The van der Waals surface area contributed by atoms with Gasteiger partial charge in [0.25, 0.3) is 0 Å². The van der Waals surface area contributed by atoms with E-state index in [1.807, 2.05) is 61.5 Å². The number of methoxy groups -OCH3 is 1. The van der Waals surface area contributed by atoms with Crippen LogP contribution in [0, 0.1) is 0 Å². The highest BCUT2D eigenvalue weighted by molar-refractivity contribution is 7.78. The molecule has 4 rings (SSSR count). The predicted octanol–water partition coefficient (Wildman–Crippen LogP) is 4.81. The molecule has 1 saturated carbocycles. The van der Waals surface area contributed by atoms with Crippen LogP contribution in [0.4, 0.5) is 22.2 Å². The Bertz CT molecular complexity index is 1120. The van der Waals surface area contributed by atoms with Crippen LogP contribution in [-0.4, -0.2) is 53.6 Å². The third-order valence-electron chi connectivity index (χ3n) is 5.91. The van der Waals surface area contributed by atoms with Crippen molar-refractivity contribution in [3.05, 3.63) is 48.5 Å². The van der Waals surface area contributed by atoms with Crippen molar-refractivity contribution in [2.24, 2.45) is 0 Å². The number of amides is 2. The molecule has 1 aliphatic rings. The van der Waals surface area contributed by atoms with Crippen molar-refractivity contribution in [1.82, 2.24) is 14.3 Å². The first-order valence-corrected chi connectivity index (χ1v) is 11.5. The maximum Gasteiger partial charge on any atom is 0.331 e. The maximum atomic E-state index is 12.7. The maximum absolute atomic E-state index is 12.7. The number of benzene rings is 2. The van der Waals surface area contributed by atoms with Gasteiger partial charge in [-0.25, -0.2) is 9.78 Å². The largest absolute Gasteiger partial charge is 0.497 e. The van der Waals surface area contributed by atoms with Crippen molar-refractivity contribution < 1.29 is 9.53 Å². The molecule has 8 nitrogen and oxygen atoms in total. The molecule has 0 bridgehead atoms. The molecule has 0 unspecified atom stereocenters. The Balaban J connectivity index is 1.35. The van der Waals surface area contributed by atoms with Crippen LogP contribution < -0.4 is 20.3 Å². The number of para-hydroxylation sites is 1. The molecule has 0 aliphatic heterocycles. The second kappa shape index (κ2) is 10.2. The number of nitrogens with one attached hydrogen (secondary N) is 2. The number of thiol groups is 1. The van der Waals surface area contributed by atoms with E-state index in [0.29, 0.717) is 17.4 Å². The van der Waals surface area contributed by atoms with Crippen LogP contribution >= 0.6 is 12.8 Å². The zero-order valence-corrected chi connectivity index (χ0v) is 20.0. The number of anilines is 3. The van der Waals surface area contributed by atoms with Crippen molar-refractivity contribution in [3.63, 3.8) is 0 Å². The van der Waals surface area contributed by atoms with Gasteiger partial charge in [-0.15, -0.1) is 0 Å². The molecule has 0 radical (unpaired) electrons. The van der Waals surface area contributed by atoms with E-state index in [4.69, 9.17) is 14.7 Å². The van der Waals surface area contributed by atoms with Gasteiger partial charge in [0.2, 0.25) is 5.95 Å². The number of nitrogens with zero attached hydrogens (tertiary/aromatic N) is 4. The molecule has 1 aliphatic carbocycles. The molecular formula is C24H30N6O2S. The van der Waals surface area contributed by atoms with E-state index >= 15 is 0 Å². The number of carbonyl (C=O) groups is 1. The van der Waals surface area contributed by atoms with E-state index in [-0.39, 0.29) is 18.1 Å². The number of carbonyl (C=O) groups excluding carboxylic acids is 1. The van der Waals surface area contributed by atoms with Gasteiger partial charge in [0.15, 0.2) is 0 Å². The first kappa shape index (κ1) is 23.0. The van der Waals surface area contributed by atoms with Crippen LogP contribution in [0.15, 0.2) is 48.5 Å². The first-order valence-electron chi connectivity index (χ1n) is 11.1. The summed E-state index contributed by atoms with van der Waals surface area (Å²) in [5.74, 6) is 2.23. The number of urea groups is 1. The van der Waals surface area contributed by atoms with Gasteiger partial charge in [-0.05, 0) is 49.9 Å². The average Bonchev–Trinajstić information content (AvgIpc) is 2.83. The number of hydrogen-bond donors (Lipinski definition) is 3. The molecule has 2 aromatic carbocycles. The number of ether oxygens (including phenoxy) is 1. The minimum absolute atomic E-state index is 0.0619. The van der Waals surface area contributed by atoms with Gasteiger partial charge in [-0.2, -0.15) is 4.98 Å². The SMILES string of the molecule is COc1cccc(NC(=O)N(S)C2CCC(Nc3nc(N(C)C)c4ccccc4n3)CC2)c1. The van der Waals surface area contributed by atoms with Crippen LogP contribution in [0.5, 0.6) is 5.75 Å². The molecule has 174 valence electrons. The van der Waals surface area contributed by atoms with Gasteiger partial charge in [-0.3, -0.25) is 4.31 Å². The third-order valence-corrected chi connectivity index (χ3v) is 6.42. The quantitative estimate of drug-likeness (QED) is 0.453. The summed E-state index contributed by atoms with van der Waals surface area (Å²) in [6, 6.07) is 15.4. The molecule has 1 heterocycles. The van der Waals surface area contributed by atoms with Crippen LogP contribution in [0.1, 0.15) is 25.7 Å². The Morgan fingerprint density at radius 1 is 1.06 bits per heavy atom. The topological polar surface area (TPSA) is 82.6 Å². The molecular weight excluding hydrogens is 436 g/mol. The van der Waals surface area contributed by atoms with E-state index in [1.54, 1.807) is 13.2 Å². The molecule has 1 fully saturated rings. The van der Waals surface area contributed by atoms with Crippen molar-refractivity contribution in [3.8, 4) is 5.75 Å². The monoisotopic (exact) mass is 466 g/mol. The Hall–Kier alpha value is -3.20. The van der Waals surface area contributed by atoms with E-state index < -0.39 is 0 Å². The molecule has 2 N–H and O–H groups in total. The second-order valence-electron chi connectivity index (χ2n) is 8.44. The standard InChI is InChI=1S/C24H30N6O2S/c1-29(2)22-20-9-4-5-10-21(20)27-23(28-22)25-16-11-13-18(14-12-16)30(33)24(31)26-17-7-6-8-19(15-17)32-3/h4-10,15-16,18,33H,11-14H2,1-3H3,(H,26,31)(H,25,27,28). The first-order chi connectivity index (χ1) is 15.9. The second-order valence-corrected chi connectivity index (χ2v) is 8.87. The van der Waals surface area contributed by atoms with Crippen molar-refractivity contribution >= 4 is 47.2 Å². The van der Waals surface area contributed by atoms with Gasteiger partial charge in [0.05, 0.1) is 12.6 Å². The van der Waals surface area contributed by atoms with Gasteiger partial charge < -0.3 is 20.3 Å². The van der Waals surface area contributed by atoms with Gasteiger partial charge in [-0.1, -0.05) is 31.0 Å². The van der Waals surface area contributed by atoms with Crippen LogP contribution in [0.2, 0.25) is 0 Å². The molecule has 33 heavy (non-hydrogen) atoms. The Kier molecular flexibility index (Phi) is 7.08. The Morgan fingerprint density at radius 3 is 2.55 bits per heavy atom. The summed E-state index contributed by atoms with van der Waals surface area (Å²) in [6.45, 7) is 0. The molecule has 0 spiro atoms. The molecule has 3 aromatic rings. The molecule has 1 aromatic heterocycles. The van der Waals surface area contributed by atoms with Crippen LogP contribution in [-0.2, 0) is 0 Å². The number of hydrogen-bond acceptors (Lipinski definition) is 7. The smallest absolute Gasteiger partial charge is 0.331 e. The molecule has 0 atom stereocenters. The summed E-state index contributed by atoms with van der Waals surface area (Å²) in [7, 11) is 5.58. The van der Waals surface area contributed by atoms with Crippen LogP contribution in [0.25, 0.3) is 10.9 Å². The van der Waals surface area contributed by atoms with Gasteiger partial charge >= 0.3 is 6.03 Å². The minimum atomic E-state index is -0.239. The van der Waals surface area contributed by atoms with E-state index in [2.05, 4.69) is 23.4 Å². The number of aromatic nitrogens is 2. The lowest BCUT2D eigenvalue weighted by molar-refractivity contribution is 0.217. The molecule has 2 amide bonds. The van der Waals surface area contributed by atoms with Gasteiger partial charge in [0, 0.05) is 43.3 Å². The lowest BCUT2D eigenvalue weighted by atomic mass is 9.91. The van der Waals surface area contributed by atoms with Crippen molar-refractivity contribution in [1.29, 1.82) is 0 Å². The van der Waals surface area contributed by atoms with Crippen molar-refractivity contribution in [2.75, 3.05) is 36.7 Å². The van der Waals surface area contributed by atoms with Gasteiger partial charge in [0.1, 0.15) is 11.6 Å². The molecule has 0 saturated heterocycles. The van der Waals surface area contributed by atoms with Crippen molar-refractivity contribution in [2.45, 2.75) is 37.8 Å². The highest BCUT2D eigenvalue weighted by Crippen LogP contribution is 2.29. The highest BCUT2D eigenvalue weighted by atomic mass is 32.1. The lowest BCUT2D eigenvalue weighted by Crippen LogP contribution is -2.40. The summed E-state index contributed by atoms with van der Waals surface area (Å²) < 4.78 is 6.72. The lowest BCUT2D eigenvalue weighted by Gasteiger charge is -2.34. The van der Waals surface area contributed by atoms with Crippen LogP contribution in [0.3, 0.4) is 0 Å². The number of fused-ring (bicyclic) bond motifs is 1. The summed E-state index contributed by atoms with van der Waals surface area (Å²) >= 11 is 4.49. The Labute approximate surface area is 199 Å². The summed E-state index contributed by atoms with van der Waals surface area (Å²) in [4.78, 5) is 24.1. The Morgan fingerprint density at radius 2 is 1.82 bits per heavy atom. The third kappa shape index (κ3) is 5.42. The predicted molar refractivity (Wildman–Crippen MR) is 136 cm³/mol. The van der Waals surface area contributed by atoms with E-state index in [0.717, 1.165) is 42.4 Å². The zero-order chi connectivity index (χ0) is 23.4. The fraction of sp³-hybridized carbons (Fsp3) is 0.375. The fourth-order valence-electron chi connectivity index (χ4n) is 4.16. The summed E-state index contributed by atoms with van der Waals surface area (Å²) in [5.41, 5.74) is 1.60. The minimum Gasteiger partial charge on any atom is -0.497 e. The zero-order valence-electron chi connectivity index (χ0n) is 19.2. The molecule has 9 heteroatoms.